The third-order valence-corrected chi connectivity index (χ3v) is 4.86. The van der Waals surface area contributed by atoms with Gasteiger partial charge in [-0.05, 0) is 30.2 Å². The highest BCUT2D eigenvalue weighted by atomic mass is 35.5. The van der Waals surface area contributed by atoms with Crippen LogP contribution in [0.5, 0.6) is 0 Å². The first-order valence-electron chi connectivity index (χ1n) is 8.02. The fourth-order valence-corrected chi connectivity index (χ4v) is 3.41. The largest absolute Gasteiger partial charge is 0.354 e. The molecule has 2 atom stereocenters. The summed E-state index contributed by atoms with van der Waals surface area (Å²) in [6.07, 6.45) is 3.06. The van der Waals surface area contributed by atoms with E-state index in [2.05, 4.69) is 64.6 Å². The van der Waals surface area contributed by atoms with Crippen molar-refractivity contribution < 1.29 is 0 Å². The average Bonchev–Trinajstić information content (AvgIpc) is 3.21. The van der Waals surface area contributed by atoms with Crippen molar-refractivity contribution in [1.82, 2.24) is 9.97 Å². The van der Waals surface area contributed by atoms with Gasteiger partial charge in [0.1, 0.15) is 0 Å². The van der Waals surface area contributed by atoms with Crippen LogP contribution in [0, 0.1) is 0 Å². The summed E-state index contributed by atoms with van der Waals surface area (Å²) >= 11 is 0. The number of rotatable bonds is 2. The average molecular weight is 336 g/mol. The Bertz CT molecular complexity index is 1020. The van der Waals surface area contributed by atoms with E-state index in [-0.39, 0.29) is 12.4 Å². The number of nitrogens with zero attached hydrogens (tertiary/aromatic N) is 1. The Morgan fingerprint density at radius 1 is 0.958 bits per heavy atom. The van der Waals surface area contributed by atoms with Crippen molar-refractivity contribution >= 4 is 34.2 Å². The SMILES string of the molecule is Cl.NC1CC1c1ccc(-c2ccc3c(c2)[nH]c2ccccc23)nc1. The van der Waals surface area contributed by atoms with Gasteiger partial charge in [0.15, 0.2) is 0 Å². The molecule has 0 amide bonds. The molecular formula is C20H18ClN3. The molecule has 0 aliphatic heterocycles. The van der Waals surface area contributed by atoms with E-state index in [4.69, 9.17) is 5.73 Å². The summed E-state index contributed by atoms with van der Waals surface area (Å²) in [6, 6.07) is 19.5. The number of hydrogen-bond acceptors (Lipinski definition) is 2. The van der Waals surface area contributed by atoms with Crippen molar-refractivity contribution in [2.75, 3.05) is 0 Å². The number of aromatic nitrogens is 2. The Kier molecular flexibility index (Phi) is 3.56. The monoisotopic (exact) mass is 335 g/mol. The van der Waals surface area contributed by atoms with Crippen LogP contribution in [0.1, 0.15) is 17.9 Å². The molecule has 0 bridgehead atoms. The zero-order chi connectivity index (χ0) is 15.4. The number of aromatic amines is 1. The molecule has 5 rings (SSSR count). The van der Waals surface area contributed by atoms with E-state index in [1.807, 2.05) is 6.20 Å². The summed E-state index contributed by atoms with van der Waals surface area (Å²) in [4.78, 5) is 8.13. The minimum absolute atomic E-state index is 0. The van der Waals surface area contributed by atoms with Crippen LogP contribution in [-0.4, -0.2) is 16.0 Å². The molecular weight excluding hydrogens is 318 g/mol. The van der Waals surface area contributed by atoms with E-state index < -0.39 is 0 Å². The van der Waals surface area contributed by atoms with E-state index in [1.165, 1.54) is 21.9 Å². The van der Waals surface area contributed by atoms with Gasteiger partial charge >= 0.3 is 0 Å². The van der Waals surface area contributed by atoms with Crippen molar-refractivity contribution in [2.45, 2.75) is 18.4 Å². The van der Waals surface area contributed by atoms with E-state index in [0.717, 1.165) is 23.2 Å². The first-order chi connectivity index (χ1) is 11.3. The van der Waals surface area contributed by atoms with Gasteiger partial charge in [-0.15, -0.1) is 12.4 Å². The molecule has 0 radical (unpaired) electrons. The third kappa shape index (κ3) is 2.37. The lowest BCUT2D eigenvalue weighted by molar-refractivity contribution is 0.981. The molecule has 1 saturated carbocycles. The summed E-state index contributed by atoms with van der Waals surface area (Å²) in [6.45, 7) is 0. The topological polar surface area (TPSA) is 54.7 Å². The van der Waals surface area contributed by atoms with Crippen molar-refractivity contribution in [3.8, 4) is 11.3 Å². The Hall–Kier alpha value is -2.36. The van der Waals surface area contributed by atoms with E-state index in [1.54, 1.807) is 0 Å². The molecule has 1 aliphatic carbocycles. The molecule has 0 spiro atoms. The van der Waals surface area contributed by atoms with Gasteiger partial charge in [-0.25, -0.2) is 0 Å². The molecule has 3 nitrogen and oxygen atoms in total. The molecule has 2 aromatic carbocycles. The second-order valence-corrected chi connectivity index (χ2v) is 6.41. The van der Waals surface area contributed by atoms with Crippen LogP contribution in [0.4, 0.5) is 0 Å². The minimum Gasteiger partial charge on any atom is -0.354 e. The van der Waals surface area contributed by atoms with Crippen LogP contribution in [0.3, 0.4) is 0 Å². The standard InChI is InChI=1S/C20H17N3.ClH/c21-17-10-16(17)13-6-8-18(22-11-13)12-5-7-15-14-3-1-2-4-19(14)23-20(15)9-12;/h1-9,11,16-17,23H,10,21H2;1H. The first kappa shape index (κ1) is 15.2. The van der Waals surface area contributed by atoms with Gasteiger partial charge in [0.25, 0.3) is 0 Å². The van der Waals surface area contributed by atoms with Gasteiger partial charge < -0.3 is 10.7 Å². The Morgan fingerprint density at radius 2 is 1.75 bits per heavy atom. The lowest BCUT2D eigenvalue weighted by Crippen LogP contribution is -2.01. The number of nitrogens with two attached hydrogens (primary N) is 1. The summed E-state index contributed by atoms with van der Waals surface area (Å²) in [5.41, 5.74) is 11.6. The molecule has 2 unspecified atom stereocenters. The number of hydrogen-bond donors (Lipinski definition) is 2. The van der Waals surface area contributed by atoms with Crippen LogP contribution in [-0.2, 0) is 0 Å². The van der Waals surface area contributed by atoms with Crippen molar-refractivity contribution in [3.63, 3.8) is 0 Å². The molecule has 1 aliphatic rings. The van der Waals surface area contributed by atoms with E-state index in [9.17, 15) is 0 Å². The highest BCUT2D eigenvalue weighted by Crippen LogP contribution is 2.39. The summed E-state index contributed by atoms with van der Waals surface area (Å²) in [7, 11) is 0. The van der Waals surface area contributed by atoms with Crippen LogP contribution < -0.4 is 5.73 Å². The number of halogens is 1. The second-order valence-electron chi connectivity index (χ2n) is 6.41. The molecule has 3 N–H and O–H groups in total. The van der Waals surface area contributed by atoms with Gasteiger partial charge in [-0.1, -0.05) is 36.4 Å². The van der Waals surface area contributed by atoms with E-state index in [0.29, 0.717) is 12.0 Å². The molecule has 1 fully saturated rings. The predicted octanol–water partition coefficient (Wildman–Crippen LogP) is 4.62. The quantitative estimate of drug-likeness (QED) is 0.561. The Morgan fingerprint density at radius 3 is 2.50 bits per heavy atom. The normalized spacial score (nSPS) is 19.4. The van der Waals surface area contributed by atoms with Gasteiger partial charge in [0, 0.05) is 45.5 Å². The second kappa shape index (κ2) is 5.62. The van der Waals surface area contributed by atoms with Crippen molar-refractivity contribution in [3.05, 3.63) is 66.4 Å². The van der Waals surface area contributed by atoms with Crippen molar-refractivity contribution in [2.24, 2.45) is 5.73 Å². The summed E-state index contributed by atoms with van der Waals surface area (Å²) in [5.74, 6) is 0.507. The van der Waals surface area contributed by atoms with Gasteiger partial charge in [0.2, 0.25) is 0 Å². The first-order valence-corrected chi connectivity index (χ1v) is 8.02. The number of pyridine rings is 1. The Labute approximate surface area is 146 Å². The lowest BCUT2D eigenvalue weighted by atomic mass is 10.1. The van der Waals surface area contributed by atoms with Crippen LogP contribution in [0.25, 0.3) is 33.1 Å². The van der Waals surface area contributed by atoms with Gasteiger partial charge in [-0.2, -0.15) is 0 Å². The molecule has 2 heterocycles. The number of nitrogens with one attached hydrogen (secondary N) is 1. The van der Waals surface area contributed by atoms with Crippen LogP contribution in [0.15, 0.2) is 60.8 Å². The highest BCUT2D eigenvalue weighted by Gasteiger charge is 2.34. The third-order valence-electron chi connectivity index (χ3n) is 4.86. The van der Waals surface area contributed by atoms with Gasteiger partial charge in [0.05, 0.1) is 5.69 Å². The molecule has 2 aromatic heterocycles. The zero-order valence-corrected chi connectivity index (χ0v) is 13.9. The molecule has 24 heavy (non-hydrogen) atoms. The Balaban J connectivity index is 0.00000146. The molecule has 0 saturated heterocycles. The lowest BCUT2D eigenvalue weighted by Gasteiger charge is -2.03. The number of H-pyrrole nitrogens is 1. The van der Waals surface area contributed by atoms with Crippen LogP contribution in [0.2, 0.25) is 0 Å². The molecule has 120 valence electrons. The highest BCUT2D eigenvalue weighted by molar-refractivity contribution is 6.08. The van der Waals surface area contributed by atoms with E-state index >= 15 is 0 Å². The summed E-state index contributed by atoms with van der Waals surface area (Å²) < 4.78 is 0. The maximum Gasteiger partial charge on any atom is 0.0702 e. The molecule has 4 heteroatoms. The smallest absolute Gasteiger partial charge is 0.0702 e. The van der Waals surface area contributed by atoms with Crippen molar-refractivity contribution in [1.29, 1.82) is 0 Å². The van der Waals surface area contributed by atoms with Gasteiger partial charge in [-0.3, -0.25) is 4.98 Å². The summed E-state index contributed by atoms with van der Waals surface area (Å²) in [5, 5.41) is 2.52. The maximum absolute atomic E-state index is 5.91. The predicted molar refractivity (Wildman–Crippen MR) is 102 cm³/mol. The number of benzene rings is 2. The van der Waals surface area contributed by atoms with Crippen LogP contribution >= 0.6 is 12.4 Å². The zero-order valence-electron chi connectivity index (χ0n) is 13.1. The minimum atomic E-state index is 0. The number of para-hydroxylation sites is 1. The maximum atomic E-state index is 5.91. The number of fused-ring (bicyclic) bond motifs is 3. The fraction of sp³-hybridized carbons (Fsp3) is 0.150. The fourth-order valence-electron chi connectivity index (χ4n) is 3.41. The molecule has 4 aromatic rings.